The maximum atomic E-state index is 4.80. The van der Waals surface area contributed by atoms with E-state index in [2.05, 4.69) is 84.1 Å². The molecular weight excluding hydrogens is 374 g/mol. The van der Waals surface area contributed by atoms with Crippen molar-refractivity contribution in [1.29, 1.82) is 0 Å². The van der Waals surface area contributed by atoms with Gasteiger partial charge in [0, 0.05) is 64.1 Å². The van der Waals surface area contributed by atoms with Crippen LogP contribution in [0.15, 0.2) is 23.3 Å². The van der Waals surface area contributed by atoms with Gasteiger partial charge in [-0.05, 0) is 65.8 Å². The molecule has 7 heteroatoms. The maximum Gasteiger partial charge on any atom is 0.191 e. The summed E-state index contributed by atoms with van der Waals surface area (Å²) in [5.74, 6) is 1.95. The van der Waals surface area contributed by atoms with E-state index in [4.69, 9.17) is 4.99 Å². The Kier molecular flexibility index (Phi) is 10.4. The molecule has 1 aliphatic rings. The first-order valence-corrected chi connectivity index (χ1v) is 11.6. The van der Waals surface area contributed by atoms with Gasteiger partial charge in [0.25, 0.3) is 0 Å². The minimum absolute atomic E-state index is 0.577. The van der Waals surface area contributed by atoms with Crippen molar-refractivity contribution in [3.05, 3.63) is 23.9 Å². The predicted molar refractivity (Wildman–Crippen MR) is 128 cm³/mol. The van der Waals surface area contributed by atoms with Gasteiger partial charge >= 0.3 is 0 Å². The lowest BCUT2D eigenvalue weighted by atomic mass is 10.2. The SMILES string of the molecule is CCNC(=NCc1ccnc(N2CCN(C)CC2)c1)NCCCN(C(C)C)C(C)C. The van der Waals surface area contributed by atoms with E-state index in [-0.39, 0.29) is 0 Å². The van der Waals surface area contributed by atoms with E-state index in [1.54, 1.807) is 0 Å². The number of piperazine rings is 1. The number of anilines is 1. The second-order valence-corrected chi connectivity index (χ2v) is 8.71. The first-order chi connectivity index (χ1) is 14.4. The highest BCUT2D eigenvalue weighted by Gasteiger charge is 2.15. The van der Waals surface area contributed by atoms with Gasteiger partial charge in [-0.15, -0.1) is 0 Å². The molecule has 0 aliphatic carbocycles. The van der Waals surface area contributed by atoms with Gasteiger partial charge in [-0.3, -0.25) is 4.90 Å². The average molecular weight is 418 g/mol. The molecule has 1 saturated heterocycles. The minimum atomic E-state index is 0.577. The van der Waals surface area contributed by atoms with Gasteiger partial charge in [-0.25, -0.2) is 9.98 Å². The molecule has 2 N–H and O–H groups in total. The number of hydrogen-bond donors (Lipinski definition) is 2. The number of likely N-dealkylation sites (N-methyl/N-ethyl adjacent to an activating group) is 1. The normalized spacial score (nSPS) is 16.0. The Morgan fingerprint density at radius 2 is 1.83 bits per heavy atom. The van der Waals surface area contributed by atoms with Crippen LogP contribution in [0.4, 0.5) is 5.82 Å². The number of aliphatic imine (C=N–C) groups is 1. The second-order valence-electron chi connectivity index (χ2n) is 8.71. The molecule has 0 saturated carbocycles. The fourth-order valence-electron chi connectivity index (χ4n) is 3.86. The Labute approximate surface area is 183 Å². The Balaban J connectivity index is 1.87. The van der Waals surface area contributed by atoms with Crippen LogP contribution in [-0.2, 0) is 6.54 Å². The van der Waals surface area contributed by atoms with Gasteiger partial charge in [0.1, 0.15) is 5.82 Å². The van der Waals surface area contributed by atoms with Crippen molar-refractivity contribution in [1.82, 2.24) is 25.4 Å². The molecule has 1 fully saturated rings. The lowest BCUT2D eigenvalue weighted by molar-refractivity contribution is 0.173. The Bertz CT molecular complexity index is 628. The molecule has 30 heavy (non-hydrogen) atoms. The van der Waals surface area contributed by atoms with E-state index in [1.165, 1.54) is 5.56 Å². The summed E-state index contributed by atoms with van der Waals surface area (Å²) in [6.45, 7) is 18.9. The van der Waals surface area contributed by atoms with Gasteiger partial charge in [-0.2, -0.15) is 0 Å². The van der Waals surface area contributed by atoms with E-state index < -0.39 is 0 Å². The van der Waals surface area contributed by atoms with Gasteiger partial charge in [0.15, 0.2) is 5.96 Å². The maximum absolute atomic E-state index is 4.80. The van der Waals surface area contributed by atoms with E-state index in [1.807, 2.05) is 6.20 Å². The largest absolute Gasteiger partial charge is 0.357 e. The predicted octanol–water partition coefficient (Wildman–Crippen LogP) is 2.40. The molecule has 170 valence electrons. The molecule has 0 amide bonds. The first-order valence-electron chi connectivity index (χ1n) is 11.6. The van der Waals surface area contributed by atoms with Crippen molar-refractivity contribution in [2.24, 2.45) is 4.99 Å². The first kappa shape index (κ1) is 24.4. The zero-order valence-electron chi connectivity index (χ0n) is 20.0. The van der Waals surface area contributed by atoms with Gasteiger partial charge in [-0.1, -0.05) is 0 Å². The molecule has 2 heterocycles. The highest BCUT2D eigenvalue weighted by molar-refractivity contribution is 5.79. The number of guanidine groups is 1. The number of pyridine rings is 1. The molecule has 7 nitrogen and oxygen atoms in total. The van der Waals surface area contributed by atoms with Crippen molar-refractivity contribution in [2.45, 2.75) is 59.7 Å². The summed E-state index contributed by atoms with van der Waals surface area (Å²) < 4.78 is 0. The monoisotopic (exact) mass is 417 g/mol. The molecule has 0 spiro atoms. The third kappa shape index (κ3) is 8.11. The molecule has 1 aromatic heterocycles. The third-order valence-electron chi connectivity index (χ3n) is 5.61. The zero-order chi connectivity index (χ0) is 21.9. The van der Waals surface area contributed by atoms with E-state index in [0.29, 0.717) is 18.6 Å². The number of hydrogen-bond acceptors (Lipinski definition) is 5. The minimum Gasteiger partial charge on any atom is -0.357 e. The van der Waals surface area contributed by atoms with Crippen LogP contribution >= 0.6 is 0 Å². The Hall–Kier alpha value is -1.86. The van der Waals surface area contributed by atoms with Gasteiger partial charge in [0.2, 0.25) is 0 Å². The average Bonchev–Trinajstić information content (AvgIpc) is 2.72. The number of nitrogens with zero attached hydrogens (tertiary/aromatic N) is 5. The van der Waals surface area contributed by atoms with Crippen molar-refractivity contribution in [3.8, 4) is 0 Å². The van der Waals surface area contributed by atoms with Crippen LogP contribution < -0.4 is 15.5 Å². The van der Waals surface area contributed by atoms with E-state index in [0.717, 1.165) is 64.0 Å². The molecule has 2 rings (SSSR count). The Morgan fingerprint density at radius 1 is 1.13 bits per heavy atom. The number of nitrogens with one attached hydrogen (secondary N) is 2. The molecule has 0 unspecified atom stereocenters. The quantitative estimate of drug-likeness (QED) is 0.346. The standard InChI is InChI=1S/C23H43N7/c1-7-24-23(26-10-8-12-30(19(2)3)20(4)5)27-18-21-9-11-25-22(17-21)29-15-13-28(6)14-16-29/h9,11,17,19-20H,7-8,10,12-16,18H2,1-6H3,(H2,24,26,27). The summed E-state index contributed by atoms with van der Waals surface area (Å²) in [7, 11) is 2.17. The summed E-state index contributed by atoms with van der Waals surface area (Å²) in [5.41, 5.74) is 1.20. The van der Waals surface area contributed by atoms with Crippen LogP contribution in [0.2, 0.25) is 0 Å². The van der Waals surface area contributed by atoms with Crippen LogP contribution in [0.5, 0.6) is 0 Å². The third-order valence-corrected chi connectivity index (χ3v) is 5.61. The van der Waals surface area contributed by atoms with Crippen molar-refractivity contribution in [2.75, 3.05) is 57.8 Å². The molecule has 1 aliphatic heterocycles. The van der Waals surface area contributed by atoms with Crippen LogP contribution in [0, 0.1) is 0 Å². The molecule has 0 radical (unpaired) electrons. The molecule has 0 aromatic carbocycles. The van der Waals surface area contributed by atoms with Crippen LogP contribution in [0.1, 0.15) is 46.6 Å². The molecule has 0 atom stereocenters. The van der Waals surface area contributed by atoms with E-state index in [9.17, 15) is 0 Å². The molecule has 0 bridgehead atoms. The van der Waals surface area contributed by atoms with Gasteiger partial charge in [0.05, 0.1) is 6.54 Å². The van der Waals surface area contributed by atoms with Crippen LogP contribution in [0.25, 0.3) is 0 Å². The van der Waals surface area contributed by atoms with E-state index >= 15 is 0 Å². The smallest absolute Gasteiger partial charge is 0.191 e. The number of aromatic nitrogens is 1. The summed E-state index contributed by atoms with van der Waals surface area (Å²) >= 11 is 0. The summed E-state index contributed by atoms with van der Waals surface area (Å²) in [5, 5.41) is 6.85. The second kappa shape index (κ2) is 12.7. The topological polar surface area (TPSA) is 59.0 Å². The summed E-state index contributed by atoms with van der Waals surface area (Å²) in [6.07, 6.45) is 3.01. The van der Waals surface area contributed by atoms with Crippen molar-refractivity contribution >= 4 is 11.8 Å². The fourth-order valence-corrected chi connectivity index (χ4v) is 3.86. The summed E-state index contributed by atoms with van der Waals surface area (Å²) in [6, 6.07) is 5.40. The van der Waals surface area contributed by atoms with Crippen molar-refractivity contribution in [3.63, 3.8) is 0 Å². The van der Waals surface area contributed by atoms with Crippen molar-refractivity contribution < 1.29 is 0 Å². The lowest BCUT2D eigenvalue weighted by Crippen LogP contribution is -2.44. The Morgan fingerprint density at radius 3 is 2.47 bits per heavy atom. The lowest BCUT2D eigenvalue weighted by Gasteiger charge is -2.33. The highest BCUT2D eigenvalue weighted by atomic mass is 15.3. The fraction of sp³-hybridized carbons (Fsp3) is 0.739. The molecular formula is C23H43N7. The van der Waals surface area contributed by atoms with Gasteiger partial charge < -0.3 is 20.4 Å². The zero-order valence-corrected chi connectivity index (χ0v) is 20.0. The highest BCUT2D eigenvalue weighted by Crippen LogP contribution is 2.15. The summed E-state index contributed by atoms with van der Waals surface area (Å²) in [4.78, 5) is 16.6. The number of rotatable bonds is 10. The van der Waals surface area contributed by atoms with Crippen LogP contribution in [-0.4, -0.2) is 85.7 Å². The van der Waals surface area contributed by atoms with Crippen LogP contribution in [0.3, 0.4) is 0 Å². The molecule has 1 aromatic rings.